The van der Waals surface area contributed by atoms with Gasteiger partial charge in [-0.2, -0.15) is 4.98 Å². The van der Waals surface area contributed by atoms with Gasteiger partial charge >= 0.3 is 0 Å². The van der Waals surface area contributed by atoms with Crippen molar-refractivity contribution in [2.24, 2.45) is 5.41 Å². The van der Waals surface area contributed by atoms with Crippen molar-refractivity contribution in [1.29, 1.82) is 0 Å². The van der Waals surface area contributed by atoms with Gasteiger partial charge in [0.25, 0.3) is 11.8 Å². The Morgan fingerprint density at radius 1 is 0.984 bits per heavy atom. The summed E-state index contributed by atoms with van der Waals surface area (Å²) < 4.78 is 6.63. The molecule has 0 saturated carbocycles. The molecule has 4 heterocycles. The van der Waals surface area contributed by atoms with Gasteiger partial charge in [0, 0.05) is 72.9 Å². The highest BCUT2D eigenvalue weighted by Gasteiger charge is 2.41. The van der Waals surface area contributed by atoms with Crippen LogP contribution < -0.4 is 41.1 Å². The fourth-order valence-electron chi connectivity index (χ4n) is 8.01. The van der Waals surface area contributed by atoms with Gasteiger partial charge in [-0.25, -0.2) is 4.98 Å². The predicted octanol–water partition coefficient (Wildman–Crippen LogP) is 4.89. The predicted molar refractivity (Wildman–Crippen MR) is 241 cm³/mol. The molecule has 1 fully saturated rings. The van der Waals surface area contributed by atoms with Crippen LogP contribution in [0.5, 0.6) is 5.75 Å². The Balaban J connectivity index is 0.860. The fraction of sp³-hybridized carbons (Fsp3) is 0.378. The summed E-state index contributed by atoms with van der Waals surface area (Å²) >= 11 is 3.50. The van der Waals surface area contributed by atoms with E-state index in [1.54, 1.807) is 54.5 Å². The molecule has 3 aromatic carbocycles. The molecular weight excluding hydrogens is 872 g/mol. The number of carbonyl (C=O) groups excluding carboxylic acids is 6. The Kier molecular flexibility index (Phi) is 13.7. The van der Waals surface area contributed by atoms with E-state index >= 15 is 0 Å². The molecule has 3 aliphatic rings. The molecule has 1 aromatic heterocycles. The first-order chi connectivity index (χ1) is 30.2. The van der Waals surface area contributed by atoms with E-state index in [4.69, 9.17) is 9.72 Å². The molecule has 3 aliphatic heterocycles. The summed E-state index contributed by atoms with van der Waals surface area (Å²) in [6, 6.07) is 17.5. The minimum absolute atomic E-state index is 0.0335. The number of nitrogens with one attached hydrogen (secondary N) is 5. The third-order valence-corrected chi connectivity index (χ3v) is 11.8. The number of carbonyl (C=O) groups is 6. The summed E-state index contributed by atoms with van der Waals surface area (Å²) in [5, 5.41) is 14.7. The average Bonchev–Trinajstić information content (AvgIpc) is 3.57. The third kappa shape index (κ3) is 10.3. The van der Waals surface area contributed by atoms with Gasteiger partial charge in [-0.05, 0) is 94.2 Å². The topological polar surface area (TPSA) is 207 Å². The van der Waals surface area contributed by atoms with Crippen molar-refractivity contribution in [3.8, 4) is 5.75 Å². The van der Waals surface area contributed by atoms with Crippen LogP contribution in [0.25, 0.3) is 0 Å². The minimum Gasteiger partial charge on any atom is -0.495 e. The van der Waals surface area contributed by atoms with Crippen LogP contribution in [0, 0.1) is 5.41 Å². The van der Waals surface area contributed by atoms with Crippen molar-refractivity contribution in [2.75, 3.05) is 60.8 Å². The molecule has 5 N–H and O–H groups in total. The molecule has 1 atom stereocenters. The SMILES string of the molecule is COc1cc(C(=O)NCCCNCCCC(=O)Nc2cccc3c2CN(C2CCC(=O)NC2=O)C3=O)ccc1Nc1ncc2c(n1)N(Cc1ccc(Br)cc1)CC(C)(C)C(=O)N2C. The van der Waals surface area contributed by atoms with Gasteiger partial charge in [0.15, 0.2) is 5.82 Å². The Bertz CT molecular complexity index is 2430. The lowest BCUT2D eigenvalue weighted by atomic mass is 9.91. The standard InChI is InChI=1S/C45H51BrN10O7/c1-45(2)26-55(24-27-11-14-29(46)15-12-27)39-35(54(3)43(45)62)23-49-44(53-39)51-33-16-13-28(22-36(33)63-4)40(59)48-21-7-20-47-19-6-10-37(57)50-32-9-5-8-30-31(32)25-56(42(30)61)34-17-18-38(58)52-41(34)60/h5,8-9,11-16,22-23,34,47H,6-7,10,17-21,24-26H2,1-4H3,(H,48,59)(H,50,57)(H,49,51,53)(H,52,58,60). The number of methoxy groups -OCH3 is 1. The zero-order valence-corrected chi connectivity index (χ0v) is 37.3. The maximum atomic E-state index is 13.4. The molecule has 0 bridgehead atoms. The summed E-state index contributed by atoms with van der Waals surface area (Å²) in [6.07, 6.45) is 3.56. The smallest absolute Gasteiger partial charge is 0.255 e. The molecule has 18 heteroatoms. The lowest BCUT2D eigenvalue weighted by molar-refractivity contribution is -0.137. The number of anilines is 5. The van der Waals surface area contributed by atoms with Gasteiger partial charge in [0.1, 0.15) is 17.5 Å². The number of rotatable bonds is 16. The van der Waals surface area contributed by atoms with E-state index in [2.05, 4.69) is 52.4 Å². The summed E-state index contributed by atoms with van der Waals surface area (Å²) in [5.41, 5.74) is 3.57. The Labute approximate surface area is 373 Å². The highest BCUT2D eigenvalue weighted by atomic mass is 79.9. The normalized spacial score (nSPS) is 16.8. The second-order valence-corrected chi connectivity index (χ2v) is 17.3. The van der Waals surface area contributed by atoms with Crippen molar-refractivity contribution >= 4 is 80.2 Å². The number of nitrogens with zero attached hydrogens (tertiary/aromatic N) is 5. The van der Waals surface area contributed by atoms with Gasteiger partial charge in [0.05, 0.1) is 24.4 Å². The van der Waals surface area contributed by atoms with Gasteiger partial charge in [-0.1, -0.05) is 34.1 Å². The molecule has 1 saturated heterocycles. The molecule has 1 unspecified atom stereocenters. The number of ether oxygens (including phenoxy) is 1. The van der Waals surface area contributed by atoms with E-state index in [-0.39, 0.29) is 55.3 Å². The van der Waals surface area contributed by atoms with Gasteiger partial charge in [0.2, 0.25) is 29.6 Å². The zero-order valence-electron chi connectivity index (χ0n) is 35.7. The number of amides is 6. The van der Waals surface area contributed by atoms with Crippen LogP contribution in [-0.4, -0.2) is 96.7 Å². The molecule has 7 rings (SSSR count). The second kappa shape index (κ2) is 19.3. The maximum absolute atomic E-state index is 13.4. The number of benzene rings is 3. The lowest BCUT2D eigenvalue weighted by Gasteiger charge is -2.29. The number of aromatic nitrogens is 2. The Hall–Kier alpha value is -6.40. The molecule has 0 aliphatic carbocycles. The van der Waals surface area contributed by atoms with Crippen LogP contribution in [0.2, 0.25) is 0 Å². The largest absolute Gasteiger partial charge is 0.495 e. The molecule has 0 spiro atoms. The summed E-state index contributed by atoms with van der Waals surface area (Å²) in [7, 11) is 3.26. The van der Waals surface area contributed by atoms with Crippen LogP contribution in [0.1, 0.15) is 77.8 Å². The molecule has 4 aromatic rings. The van der Waals surface area contributed by atoms with Crippen LogP contribution >= 0.6 is 15.9 Å². The van der Waals surface area contributed by atoms with Crippen molar-refractivity contribution in [3.63, 3.8) is 0 Å². The number of halogens is 1. The van der Waals surface area contributed by atoms with E-state index in [1.165, 1.54) is 12.0 Å². The van der Waals surface area contributed by atoms with Crippen LogP contribution in [0.3, 0.4) is 0 Å². The lowest BCUT2D eigenvalue weighted by Crippen LogP contribution is -2.52. The summed E-state index contributed by atoms with van der Waals surface area (Å²) in [4.78, 5) is 91.1. The van der Waals surface area contributed by atoms with Crippen molar-refractivity contribution < 1.29 is 33.5 Å². The molecular formula is C45H51BrN10O7. The molecule has 0 radical (unpaired) electrons. The van der Waals surface area contributed by atoms with E-state index in [0.717, 1.165) is 10.0 Å². The first-order valence-electron chi connectivity index (χ1n) is 20.9. The third-order valence-electron chi connectivity index (χ3n) is 11.3. The number of fused-ring (bicyclic) bond motifs is 2. The fourth-order valence-corrected chi connectivity index (χ4v) is 8.27. The molecule has 330 valence electrons. The van der Waals surface area contributed by atoms with Crippen LogP contribution in [0.4, 0.5) is 28.8 Å². The van der Waals surface area contributed by atoms with Crippen LogP contribution in [0.15, 0.2) is 71.3 Å². The van der Waals surface area contributed by atoms with E-state index < -0.39 is 17.4 Å². The van der Waals surface area contributed by atoms with Gasteiger partial charge in [-0.15, -0.1) is 0 Å². The number of hydrogen-bond acceptors (Lipinski definition) is 12. The highest BCUT2D eigenvalue weighted by molar-refractivity contribution is 9.10. The summed E-state index contributed by atoms with van der Waals surface area (Å²) in [5.74, 6) is -0.280. The molecule has 6 amide bonds. The van der Waals surface area contributed by atoms with Gasteiger partial charge < -0.3 is 40.7 Å². The van der Waals surface area contributed by atoms with E-state index in [1.807, 2.05) is 38.1 Å². The number of piperidine rings is 1. The Morgan fingerprint density at radius 3 is 2.52 bits per heavy atom. The number of imide groups is 1. The highest BCUT2D eigenvalue weighted by Crippen LogP contribution is 2.38. The maximum Gasteiger partial charge on any atom is 0.255 e. The first-order valence-corrected chi connectivity index (χ1v) is 21.7. The monoisotopic (exact) mass is 922 g/mol. The average molecular weight is 924 g/mol. The first kappa shape index (κ1) is 44.6. The zero-order chi connectivity index (χ0) is 44.8. The summed E-state index contributed by atoms with van der Waals surface area (Å²) in [6.45, 7) is 6.65. The minimum atomic E-state index is -0.731. The van der Waals surface area contributed by atoms with Crippen molar-refractivity contribution in [1.82, 2.24) is 30.8 Å². The Morgan fingerprint density at radius 2 is 1.76 bits per heavy atom. The molecule has 63 heavy (non-hydrogen) atoms. The van der Waals surface area contributed by atoms with Crippen LogP contribution in [-0.2, 0) is 32.3 Å². The number of hydrogen-bond donors (Lipinski definition) is 5. The van der Waals surface area contributed by atoms with E-state index in [0.29, 0.717) is 96.8 Å². The van der Waals surface area contributed by atoms with Crippen molar-refractivity contribution in [2.45, 2.75) is 65.1 Å². The second-order valence-electron chi connectivity index (χ2n) is 16.4. The van der Waals surface area contributed by atoms with Crippen molar-refractivity contribution in [3.05, 3.63) is 93.6 Å². The molecule has 17 nitrogen and oxygen atoms in total. The quantitative estimate of drug-likeness (QED) is 0.0753. The van der Waals surface area contributed by atoms with Gasteiger partial charge in [-0.3, -0.25) is 34.1 Å². The van der Waals surface area contributed by atoms with E-state index in [9.17, 15) is 28.8 Å².